The van der Waals surface area contributed by atoms with Crippen molar-refractivity contribution in [2.75, 3.05) is 38.2 Å². The summed E-state index contributed by atoms with van der Waals surface area (Å²) in [5, 5.41) is 9.24. The topological polar surface area (TPSA) is 69.0 Å². The Morgan fingerprint density at radius 2 is 1.74 bits per heavy atom. The molecule has 0 aliphatic carbocycles. The van der Waals surface area contributed by atoms with E-state index < -0.39 is 0 Å². The number of ether oxygens (including phenoxy) is 2. The average molecular weight is 463 g/mol. The van der Waals surface area contributed by atoms with Crippen LogP contribution in [0.2, 0.25) is 0 Å². The minimum atomic E-state index is -0.210. The van der Waals surface area contributed by atoms with Gasteiger partial charge in [0.15, 0.2) is 0 Å². The predicted molar refractivity (Wildman–Crippen MR) is 132 cm³/mol. The summed E-state index contributed by atoms with van der Waals surface area (Å²) in [5.41, 5.74) is 2.83. The first-order valence-electron chi connectivity index (χ1n) is 12.1. The number of piperidine rings is 1. The van der Waals surface area contributed by atoms with Gasteiger partial charge in [-0.25, -0.2) is 4.79 Å². The standard InChI is InChI=1S/C27H34N4O3/c1-20-17-30(24-10-9-23(16-28)26(15-24)33-3)18-21(2)31(20)27(32)34-25-11-13-29(14-12-25)19-22-7-5-4-6-8-22/h4-10,15,20-21,25H,11-14,17-19H2,1-3H3/t20-,21+. The van der Waals surface area contributed by atoms with Crippen molar-refractivity contribution in [3.8, 4) is 11.8 Å². The van der Waals surface area contributed by atoms with E-state index in [1.165, 1.54) is 5.56 Å². The van der Waals surface area contributed by atoms with Gasteiger partial charge in [0.25, 0.3) is 0 Å². The van der Waals surface area contributed by atoms with Gasteiger partial charge in [-0.1, -0.05) is 30.3 Å². The Balaban J connectivity index is 1.30. The van der Waals surface area contributed by atoms with Gasteiger partial charge in [0.05, 0.1) is 24.8 Å². The van der Waals surface area contributed by atoms with E-state index in [-0.39, 0.29) is 24.3 Å². The minimum Gasteiger partial charge on any atom is -0.495 e. The number of rotatable bonds is 5. The highest BCUT2D eigenvalue weighted by Gasteiger charge is 2.35. The van der Waals surface area contributed by atoms with Crippen LogP contribution < -0.4 is 9.64 Å². The smallest absolute Gasteiger partial charge is 0.410 e. The Hall–Kier alpha value is -3.24. The summed E-state index contributed by atoms with van der Waals surface area (Å²) in [6, 6.07) is 18.3. The van der Waals surface area contributed by atoms with Gasteiger partial charge in [-0.2, -0.15) is 5.26 Å². The van der Waals surface area contributed by atoms with Gasteiger partial charge in [0.2, 0.25) is 0 Å². The quantitative estimate of drug-likeness (QED) is 0.661. The fourth-order valence-corrected chi connectivity index (χ4v) is 5.09. The van der Waals surface area contributed by atoms with Gasteiger partial charge >= 0.3 is 6.09 Å². The van der Waals surface area contributed by atoms with Crippen LogP contribution in [-0.2, 0) is 11.3 Å². The molecular formula is C27H34N4O3. The molecular weight excluding hydrogens is 428 g/mol. The van der Waals surface area contributed by atoms with Gasteiger partial charge < -0.3 is 14.4 Å². The molecule has 0 spiro atoms. The molecule has 2 heterocycles. The van der Waals surface area contributed by atoms with Crippen LogP contribution in [0.5, 0.6) is 5.75 Å². The van der Waals surface area contributed by atoms with E-state index in [0.29, 0.717) is 24.4 Å². The monoisotopic (exact) mass is 462 g/mol. The number of likely N-dealkylation sites (tertiary alicyclic amines) is 1. The third kappa shape index (κ3) is 5.45. The minimum absolute atomic E-state index is 0.0102. The number of carbonyl (C=O) groups is 1. The number of hydrogen-bond acceptors (Lipinski definition) is 6. The Bertz CT molecular complexity index is 1000. The van der Waals surface area contributed by atoms with Crippen LogP contribution in [0.3, 0.4) is 0 Å². The molecule has 180 valence electrons. The van der Waals surface area contributed by atoms with E-state index in [1.54, 1.807) is 13.2 Å². The molecule has 2 atom stereocenters. The molecule has 1 amide bonds. The van der Waals surface area contributed by atoms with Gasteiger partial charge in [-0.15, -0.1) is 0 Å². The van der Waals surface area contributed by atoms with Crippen molar-refractivity contribution in [1.82, 2.24) is 9.80 Å². The molecule has 2 aliphatic rings. The van der Waals surface area contributed by atoms with E-state index in [0.717, 1.165) is 38.2 Å². The number of piperazine rings is 1. The van der Waals surface area contributed by atoms with Gasteiger partial charge in [-0.3, -0.25) is 9.80 Å². The van der Waals surface area contributed by atoms with Crippen molar-refractivity contribution in [2.45, 2.75) is 51.4 Å². The summed E-state index contributed by atoms with van der Waals surface area (Å²) in [5.74, 6) is 0.570. The summed E-state index contributed by atoms with van der Waals surface area (Å²) < 4.78 is 11.3. The van der Waals surface area contributed by atoms with Gasteiger partial charge in [-0.05, 0) is 44.4 Å². The molecule has 2 aromatic rings. The second-order valence-electron chi connectivity index (χ2n) is 9.35. The largest absolute Gasteiger partial charge is 0.495 e. The molecule has 2 saturated heterocycles. The molecule has 4 rings (SSSR count). The molecule has 0 bridgehead atoms. The number of anilines is 1. The SMILES string of the molecule is COc1cc(N2C[C@@H](C)N(C(=O)OC3CCN(Cc4ccccc4)CC3)[C@@H](C)C2)ccc1C#N. The van der Waals surface area contributed by atoms with Crippen LogP contribution in [0.25, 0.3) is 0 Å². The maximum Gasteiger partial charge on any atom is 0.410 e. The van der Waals surface area contributed by atoms with Crippen molar-refractivity contribution >= 4 is 11.8 Å². The van der Waals surface area contributed by atoms with E-state index in [4.69, 9.17) is 9.47 Å². The van der Waals surface area contributed by atoms with Crippen LogP contribution >= 0.6 is 0 Å². The Morgan fingerprint density at radius 3 is 2.35 bits per heavy atom. The summed E-state index contributed by atoms with van der Waals surface area (Å²) in [6.45, 7) is 8.34. The van der Waals surface area contributed by atoms with Crippen LogP contribution in [0.4, 0.5) is 10.5 Å². The molecule has 7 heteroatoms. The molecule has 0 radical (unpaired) electrons. The molecule has 0 N–H and O–H groups in total. The average Bonchev–Trinajstić information content (AvgIpc) is 2.85. The first-order chi connectivity index (χ1) is 16.5. The maximum absolute atomic E-state index is 13.1. The predicted octanol–water partition coefficient (Wildman–Crippen LogP) is 4.27. The first kappa shape index (κ1) is 23.9. The van der Waals surface area contributed by atoms with Crippen molar-refractivity contribution in [3.05, 3.63) is 59.7 Å². The molecule has 34 heavy (non-hydrogen) atoms. The number of benzene rings is 2. The highest BCUT2D eigenvalue weighted by molar-refractivity contribution is 5.69. The molecule has 0 unspecified atom stereocenters. The highest BCUT2D eigenvalue weighted by atomic mass is 16.6. The van der Waals surface area contributed by atoms with E-state index in [9.17, 15) is 10.1 Å². The van der Waals surface area contributed by atoms with E-state index in [2.05, 4.69) is 54.0 Å². The summed E-state index contributed by atoms with van der Waals surface area (Å²) >= 11 is 0. The Labute approximate surface area is 202 Å². The van der Waals surface area contributed by atoms with Crippen LogP contribution in [0, 0.1) is 11.3 Å². The summed E-state index contributed by atoms with van der Waals surface area (Å²) in [4.78, 5) is 19.7. The lowest BCUT2D eigenvalue weighted by Gasteiger charge is -2.45. The maximum atomic E-state index is 13.1. The molecule has 2 fully saturated rings. The molecule has 7 nitrogen and oxygen atoms in total. The fraction of sp³-hybridized carbons (Fsp3) is 0.481. The first-order valence-corrected chi connectivity index (χ1v) is 12.1. The number of hydrogen-bond donors (Lipinski definition) is 0. The number of nitrogens with zero attached hydrogens (tertiary/aromatic N) is 4. The lowest BCUT2D eigenvalue weighted by atomic mass is 10.1. The molecule has 2 aliphatic heterocycles. The molecule has 2 aromatic carbocycles. The van der Waals surface area contributed by atoms with Crippen LogP contribution in [-0.4, -0.2) is 67.4 Å². The van der Waals surface area contributed by atoms with Crippen molar-refractivity contribution in [2.24, 2.45) is 0 Å². The Kier molecular flexibility index (Phi) is 7.59. The van der Waals surface area contributed by atoms with Crippen molar-refractivity contribution in [3.63, 3.8) is 0 Å². The second-order valence-corrected chi connectivity index (χ2v) is 9.35. The Morgan fingerprint density at radius 1 is 1.06 bits per heavy atom. The van der Waals surface area contributed by atoms with Crippen molar-refractivity contribution in [1.29, 1.82) is 5.26 Å². The number of amides is 1. The molecule has 0 aromatic heterocycles. The molecule has 0 saturated carbocycles. The number of nitriles is 1. The summed E-state index contributed by atoms with van der Waals surface area (Å²) in [7, 11) is 1.57. The number of methoxy groups -OCH3 is 1. The van der Waals surface area contributed by atoms with E-state index in [1.807, 2.05) is 23.1 Å². The number of carbonyl (C=O) groups excluding carboxylic acids is 1. The third-order valence-corrected chi connectivity index (χ3v) is 6.85. The zero-order chi connectivity index (χ0) is 24.1. The lowest BCUT2D eigenvalue weighted by Crippen LogP contribution is -2.59. The summed E-state index contributed by atoms with van der Waals surface area (Å²) in [6.07, 6.45) is 1.50. The normalized spacial score (nSPS) is 21.7. The second kappa shape index (κ2) is 10.8. The van der Waals surface area contributed by atoms with Crippen molar-refractivity contribution < 1.29 is 14.3 Å². The fourth-order valence-electron chi connectivity index (χ4n) is 5.09. The van der Waals surface area contributed by atoms with E-state index >= 15 is 0 Å². The lowest BCUT2D eigenvalue weighted by molar-refractivity contribution is 0.0101. The van der Waals surface area contributed by atoms with Gasteiger partial charge in [0.1, 0.15) is 17.9 Å². The highest BCUT2D eigenvalue weighted by Crippen LogP contribution is 2.29. The van der Waals surface area contributed by atoms with Crippen LogP contribution in [0.1, 0.15) is 37.8 Å². The van der Waals surface area contributed by atoms with Crippen LogP contribution in [0.15, 0.2) is 48.5 Å². The third-order valence-electron chi connectivity index (χ3n) is 6.85. The zero-order valence-corrected chi connectivity index (χ0v) is 20.3. The van der Waals surface area contributed by atoms with Gasteiger partial charge in [0, 0.05) is 44.5 Å². The zero-order valence-electron chi connectivity index (χ0n) is 20.3.